The van der Waals surface area contributed by atoms with Crippen molar-refractivity contribution in [2.75, 3.05) is 7.11 Å². The van der Waals surface area contributed by atoms with E-state index in [4.69, 9.17) is 4.74 Å². The molecule has 114 valence electrons. The molecule has 1 unspecified atom stereocenters. The van der Waals surface area contributed by atoms with Crippen LogP contribution in [0.25, 0.3) is 0 Å². The lowest BCUT2D eigenvalue weighted by Gasteiger charge is -2.46. The van der Waals surface area contributed by atoms with Crippen LogP contribution in [0.1, 0.15) is 55.3 Å². The van der Waals surface area contributed by atoms with Gasteiger partial charge in [-0.05, 0) is 79.0 Å². The maximum atomic E-state index is 10.2. The number of ether oxygens (including phenoxy) is 1. The topological polar surface area (TPSA) is 49.7 Å². The lowest BCUT2D eigenvalue weighted by atomic mass is 9.60. The van der Waals surface area contributed by atoms with Gasteiger partial charge in [0, 0.05) is 7.11 Å². The van der Waals surface area contributed by atoms with E-state index in [0.717, 1.165) is 32.1 Å². The maximum Gasteiger partial charge on any atom is 0.115 e. The van der Waals surface area contributed by atoms with Crippen molar-refractivity contribution in [2.45, 2.75) is 50.2 Å². The minimum Gasteiger partial charge on any atom is -0.508 e. The SMILES string of the molecule is CO[C@@H]1C[C@@H]2[C@H](CCC3[C@H]2CC[C@@H]3O)c2ccc(O)cc21. The van der Waals surface area contributed by atoms with Crippen molar-refractivity contribution < 1.29 is 14.9 Å². The van der Waals surface area contributed by atoms with Crippen molar-refractivity contribution in [2.24, 2.45) is 17.8 Å². The molecule has 1 aromatic carbocycles. The molecule has 3 heteroatoms. The highest BCUT2D eigenvalue weighted by Gasteiger charge is 2.49. The van der Waals surface area contributed by atoms with Crippen LogP contribution >= 0.6 is 0 Å². The Morgan fingerprint density at radius 3 is 2.62 bits per heavy atom. The van der Waals surface area contributed by atoms with E-state index in [9.17, 15) is 10.2 Å². The Hall–Kier alpha value is -1.06. The number of fused-ring (bicyclic) bond motifs is 5. The molecule has 21 heavy (non-hydrogen) atoms. The highest BCUT2D eigenvalue weighted by Crippen LogP contribution is 2.57. The molecule has 2 fully saturated rings. The fourth-order valence-corrected chi connectivity index (χ4v) is 5.40. The van der Waals surface area contributed by atoms with Crippen LogP contribution in [0, 0.1) is 17.8 Å². The molecule has 0 radical (unpaired) electrons. The third-order valence-electron chi connectivity index (χ3n) is 6.31. The van der Waals surface area contributed by atoms with Gasteiger partial charge in [-0.2, -0.15) is 0 Å². The van der Waals surface area contributed by atoms with Crippen LogP contribution in [0.5, 0.6) is 5.75 Å². The second kappa shape index (κ2) is 4.99. The minimum absolute atomic E-state index is 0.0850. The van der Waals surface area contributed by atoms with Crippen LogP contribution in [0.3, 0.4) is 0 Å². The van der Waals surface area contributed by atoms with E-state index >= 15 is 0 Å². The van der Waals surface area contributed by atoms with Crippen LogP contribution in [0.2, 0.25) is 0 Å². The molecule has 0 amide bonds. The summed E-state index contributed by atoms with van der Waals surface area (Å²) >= 11 is 0. The number of aliphatic hydroxyl groups excluding tert-OH is 1. The third-order valence-corrected chi connectivity index (χ3v) is 6.31. The molecule has 6 atom stereocenters. The van der Waals surface area contributed by atoms with Crippen LogP contribution in [-0.2, 0) is 4.74 Å². The average Bonchev–Trinajstić information content (AvgIpc) is 2.87. The number of aromatic hydroxyl groups is 1. The van der Waals surface area contributed by atoms with Gasteiger partial charge in [0.05, 0.1) is 12.2 Å². The van der Waals surface area contributed by atoms with Crippen LogP contribution in [0.15, 0.2) is 18.2 Å². The summed E-state index contributed by atoms with van der Waals surface area (Å²) in [7, 11) is 1.77. The van der Waals surface area contributed by atoms with Crippen molar-refractivity contribution >= 4 is 0 Å². The van der Waals surface area contributed by atoms with Gasteiger partial charge in [0.2, 0.25) is 0 Å². The smallest absolute Gasteiger partial charge is 0.115 e. The molecule has 2 N–H and O–H groups in total. The first kappa shape index (κ1) is 13.6. The van der Waals surface area contributed by atoms with E-state index in [1.165, 1.54) is 11.1 Å². The molecule has 0 aromatic heterocycles. The van der Waals surface area contributed by atoms with Crippen LogP contribution < -0.4 is 0 Å². The summed E-state index contributed by atoms with van der Waals surface area (Å²) in [5.41, 5.74) is 2.55. The molecule has 0 aliphatic heterocycles. The summed E-state index contributed by atoms with van der Waals surface area (Å²) in [5, 5.41) is 20.0. The predicted molar refractivity (Wildman–Crippen MR) is 80.2 cm³/mol. The first-order valence-corrected chi connectivity index (χ1v) is 8.22. The molecule has 3 aliphatic carbocycles. The first-order valence-electron chi connectivity index (χ1n) is 8.22. The van der Waals surface area contributed by atoms with Crippen molar-refractivity contribution in [1.82, 2.24) is 0 Å². The Labute approximate surface area is 125 Å². The number of methoxy groups -OCH3 is 1. The quantitative estimate of drug-likeness (QED) is 0.833. The van der Waals surface area contributed by atoms with Gasteiger partial charge in [0.1, 0.15) is 5.75 Å². The Morgan fingerprint density at radius 1 is 1.00 bits per heavy atom. The number of benzene rings is 1. The van der Waals surface area contributed by atoms with Gasteiger partial charge in [-0.25, -0.2) is 0 Å². The monoisotopic (exact) mass is 288 g/mol. The van der Waals surface area contributed by atoms with E-state index in [1.807, 2.05) is 12.1 Å². The summed E-state index contributed by atoms with van der Waals surface area (Å²) in [5.74, 6) is 2.70. The number of phenols is 1. The van der Waals surface area contributed by atoms with E-state index in [0.29, 0.717) is 29.4 Å². The zero-order valence-electron chi connectivity index (χ0n) is 12.5. The zero-order valence-corrected chi connectivity index (χ0v) is 12.5. The van der Waals surface area contributed by atoms with Gasteiger partial charge in [0.15, 0.2) is 0 Å². The number of rotatable bonds is 1. The highest BCUT2D eigenvalue weighted by molar-refractivity contribution is 5.41. The van der Waals surface area contributed by atoms with E-state index in [1.54, 1.807) is 7.11 Å². The molecule has 3 aliphatic rings. The van der Waals surface area contributed by atoms with Gasteiger partial charge in [-0.1, -0.05) is 6.07 Å². The number of hydrogen-bond acceptors (Lipinski definition) is 3. The maximum absolute atomic E-state index is 10.2. The lowest BCUT2D eigenvalue weighted by Crippen LogP contribution is -2.38. The van der Waals surface area contributed by atoms with Gasteiger partial charge < -0.3 is 14.9 Å². The van der Waals surface area contributed by atoms with Crippen molar-refractivity contribution in [1.29, 1.82) is 0 Å². The Kier molecular flexibility index (Phi) is 3.23. The average molecular weight is 288 g/mol. The van der Waals surface area contributed by atoms with E-state index in [-0.39, 0.29) is 12.2 Å². The molecule has 3 nitrogen and oxygen atoms in total. The fraction of sp³-hybridized carbons (Fsp3) is 0.667. The summed E-state index contributed by atoms with van der Waals surface area (Å²) in [6.07, 6.45) is 5.48. The van der Waals surface area contributed by atoms with E-state index in [2.05, 4.69) is 6.07 Å². The number of hydrogen-bond donors (Lipinski definition) is 2. The molecule has 1 aromatic rings. The first-order chi connectivity index (χ1) is 10.2. The van der Waals surface area contributed by atoms with Crippen LogP contribution in [0.4, 0.5) is 0 Å². The second-order valence-electron chi connectivity index (χ2n) is 7.09. The van der Waals surface area contributed by atoms with E-state index < -0.39 is 0 Å². The summed E-state index contributed by atoms with van der Waals surface area (Å²) in [6.45, 7) is 0. The Balaban J connectivity index is 1.73. The van der Waals surface area contributed by atoms with Gasteiger partial charge in [-0.15, -0.1) is 0 Å². The minimum atomic E-state index is -0.0850. The summed E-state index contributed by atoms with van der Waals surface area (Å²) in [4.78, 5) is 0. The second-order valence-corrected chi connectivity index (χ2v) is 7.09. The molecule has 0 heterocycles. The Morgan fingerprint density at radius 2 is 1.81 bits per heavy atom. The molecule has 2 saturated carbocycles. The van der Waals surface area contributed by atoms with Gasteiger partial charge >= 0.3 is 0 Å². The summed E-state index contributed by atoms with van der Waals surface area (Å²) < 4.78 is 5.72. The summed E-state index contributed by atoms with van der Waals surface area (Å²) in [6, 6.07) is 5.79. The van der Waals surface area contributed by atoms with Crippen molar-refractivity contribution in [3.8, 4) is 5.75 Å². The van der Waals surface area contributed by atoms with Crippen molar-refractivity contribution in [3.63, 3.8) is 0 Å². The van der Waals surface area contributed by atoms with Gasteiger partial charge in [0.25, 0.3) is 0 Å². The number of phenolic OH excluding ortho intramolecular Hbond substituents is 1. The largest absolute Gasteiger partial charge is 0.508 e. The van der Waals surface area contributed by atoms with Crippen LogP contribution in [-0.4, -0.2) is 23.4 Å². The van der Waals surface area contributed by atoms with Gasteiger partial charge in [-0.3, -0.25) is 0 Å². The fourth-order valence-electron chi connectivity index (χ4n) is 5.40. The lowest BCUT2D eigenvalue weighted by molar-refractivity contribution is 0.00872. The molecule has 0 bridgehead atoms. The normalized spacial score (nSPS) is 41.2. The molecular weight excluding hydrogens is 264 g/mol. The standard InChI is InChI=1S/C18H24O3/c1-21-18-9-15-11(12-3-2-10(19)8-16(12)18)4-5-14-13(15)6-7-17(14)20/h2-3,8,11,13-15,17-20H,4-7,9H2,1H3/t11-,13-,14?,15-,17+,18-/m1/s1. The molecule has 0 saturated heterocycles. The van der Waals surface area contributed by atoms with Crippen molar-refractivity contribution in [3.05, 3.63) is 29.3 Å². The number of aliphatic hydroxyl groups is 1. The molecular formula is C18H24O3. The predicted octanol–water partition coefficient (Wildman–Crippen LogP) is 3.36. The molecule has 4 rings (SSSR count). The highest BCUT2D eigenvalue weighted by atomic mass is 16.5. The molecule has 0 spiro atoms. The third kappa shape index (κ3) is 2.01. The Bertz CT molecular complexity index is 541. The zero-order chi connectivity index (χ0) is 14.6.